The van der Waals surface area contributed by atoms with Crippen molar-refractivity contribution >= 4 is 11.6 Å². The van der Waals surface area contributed by atoms with E-state index < -0.39 is 0 Å². The van der Waals surface area contributed by atoms with Crippen molar-refractivity contribution in [1.82, 2.24) is 5.32 Å². The van der Waals surface area contributed by atoms with Crippen LogP contribution in [0.25, 0.3) is 0 Å². The molecular formula is C17H20N2O. The average Bonchev–Trinajstić information content (AvgIpc) is 2.45. The monoisotopic (exact) mass is 268 g/mol. The van der Waals surface area contributed by atoms with Crippen LogP contribution in [0, 0.1) is 13.8 Å². The van der Waals surface area contributed by atoms with Gasteiger partial charge in [-0.3, -0.25) is 4.79 Å². The zero-order valence-corrected chi connectivity index (χ0v) is 12.2. The molecule has 0 aliphatic carbocycles. The number of rotatable bonds is 4. The summed E-state index contributed by atoms with van der Waals surface area (Å²) in [6.45, 7) is 4.87. The van der Waals surface area contributed by atoms with Crippen molar-refractivity contribution in [2.45, 2.75) is 20.4 Å². The molecule has 0 fully saturated rings. The number of carbonyl (C=O) groups is 1. The summed E-state index contributed by atoms with van der Waals surface area (Å²) in [5.41, 5.74) is 5.28. The molecule has 0 aliphatic heterocycles. The molecule has 0 aliphatic rings. The number of anilines is 1. The Hall–Kier alpha value is -2.29. The summed E-state index contributed by atoms with van der Waals surface area (Å²) >= 11 is 0. The summed E-state index contributed by atoms with van der Waals surface area (Å²) < 4.78 is 0. The number of carbonyl (C=O) groups excluding carboxylic acids is 1. The summed E-state index contributed by atoms with van der Waals surface area (Å²) in [6.07, 6.45) is 0. The number of aryl methyl sites for hydroxylation is 2. The fraction of sp³-hybridized carbons (Fsp3) is 0.235. The van der Waals surface area contributed by atoms with Gasteiger partial charge in [0.2, 0.25) is 0 Å². The van der Waals surface area contributed by atoms with Crippen LogP contribution in [-0.2, 0) is 6.54 Å². The van der Waals surface area contributed by atoms with Crippen LogP contribution in [0.2, 0.25) is 0 Å². The third-order valence-corrected chi connectivity index (χ3v) is 3.29. The molecule has 0 radical (unpaired) electrons. The highest BCUT2D eigenvalue weighted by atomic mass is 16.1. The smallest absolute Gasteiger partial charge is 0.251 e. The summed E-state index contributed by atoms with van der Waals surface area (Å²) in [4.78, 5) is 11.7. The van der Waals surface area contributed by atoms with E-state index in [1.54, 1.807) is 7.05 Å². The van der Waals surface area contributed by atoms with E-state index >= 15 is 0 Å². The Bertz CT molecular complexity index is 620. The summed E-state index contributed by atoms with van der Waals surface area (Å²) in [6, 6.07) is 14.1. The van der Waals surface area contributed by atoms with Crippen molar-refractivity contribution in [2.24, 2.45) is 0 Å². The van der Waals surface area contributed by atoms with E-state index in [0.29, 0.717) is 5.56 Å². The standard InChI is InChI=1S/C17H20N2O/c1-12-5-4-6-14(9-12)11-19-16-10-15(17(20)18-3)8-7-13(16)2/h4-10,19H,11H2,1-3H3,(H,18,20). The van der Waals surface area contributed by atoms with Crippen LogP contribution >= 0.6 is 0 Å². The highest BCUT2D eigenvalue weighted by molar-refractivity contribution is 5.95. The molecule has 2 N–H and O–H groups in total. The van der Waals surface area contributed by atoms with E-state index in [1.165, 1.54) is 11.1 Å². The van der Waals surface area contributed by atoms with Gasteiger partial charge in [-0.25, -0.2) is 0 Å². The fourth-order valence-corrected chi connectivity index (χ4v) is 2.12. The van der Waals surface area contributed by atoms with Gasteiger partial charge >= 0.3 is 0 Å². The van der Waals surface area contributed by atoms with E-state index in [-0.39, 0.29) is 5.91 Å². The van der Waals surface area contributed by atoms with Crippen LogP contribution in [-0.4, -0.2) is 13.0 Å². The maximum Gasteiger partial charge on any atom is 0.251 e. The second-order valence-corrected chi connectivity index (χ2v) is 4.95. The van der Waals surface area contributed by atoms with E-state index in [9.17, 15) is 4.79 Å². The lowest BCUT2D eigenvalue weighted by molar-refractivity contribution is 0.0963. The van der Waals surface area contributed by atoms with Gasteiger partial charge in [-0.1, -0.05) is 35.9 Å². The van der Waals surface area contributed by atoms with Gasteiger partial charge in [0.25, 0.3) is 5.91 Å². The molecule has 2 aromatic rings. The second-order valence-electron chi connectivity index (χ2n) is 4.95. The lowest BCUT2D eigenvalue weighted by Gasteiger charge is -2.11. The first kappa shape index (κ1) is 14.1. The summed E-state index contributed by atoms with van der Waals surface area (Å²) in [5, 5.41) is 6.04. The van der Waals surface area contributed by atoms with E-state index in [0.717, 1.165) is 17.8 Å². The quantitative estimate of drug-likeness (QED) is 0.893. The lowest BCUT2D eigenvalue weighted by atomic mass is 10.1. The van der Waals surface area contributed by atoms with Crippen molar-refractivity contribution in [1.29, 1.82) is 0 Å². The minimum atomic E-state index is -0.0661. The maximum absolute atomic E-state index is 11.7. The zero-order valence-electron chi connectivity index (χ0n) is 12.2. The predicted octanol–water partition coefficient (Wildman–Crippen LogP) is 3.28. The maximum atomic E-state index is 11.7. The van der Waals surface area contributed by atoms with E-state index in [1.807, 2.05) is 25.1 Å². The first-order valence-electron chi connectivity index (χ1n) is 6.72. The Kier molecular flexibility index (Phi) is 4.41. The highest BCUT2D eigenvalue weighted by Gasteiger charge is 2.06. The minimum Gasteiger partial charge on any atom is -0.381 e. The van der Waals surface area contributed by atoms with Crippen LogP contribution < -0.4 is 10.6 Å². The Morgan fingerprint density at radius 3 is 2.60 bits per heavy atom. The highest BCUT2D eigenvalue weighted by Crippen LogP contribution is 2.18. The molecule has 0 saturated carbocycles. The Morgan fingerprint density at radius 1 is 1.10 bits per heavy atom. The molecule has 0 bridgehead atoms. The fourth-order valence-electron chi connectivity index (χ4n) is 2.12. The first-order chi connectivity index (χ1) is 9.60. The molecule has 0 unspecified atom stereocenters. The predicted molar refractivity (Wildman–Crippen MR) is 83.1 cm³/mol. The van der Waals surface area contributed by atoms with Crippen molar-refractivity contribution < 1.29 is 4.79 Å². The third kappa shape index (κ3) is 3.38. The summed E-state index contributed by atoms with van der Waals surface area (Å²) in [5.74, 6) is -0.0661. The van der Waals surface area contributed by atoms with Gasteiger partial charge < -0.3 is 10.6 Å². The molecule has 3 heteroatoms. The number of benzene rings is 2. The number of hydrogen-bond acceptors (Lipinski definition) is 2. The van der Waals surface area contributed by atoms with Crippen LogP contribution in [0.1, 0.15) is 27.0 Å². The molecule has 0 atom stereocenters. The van der Waals surface area contributed by atoms with Crippen LogP contribution in [0.4, 0.5) is 5.69 Å². The minimum absolute atomic E-state index is 0.0661. The van der Waals surface area contributed by atoms with Crippen LogP contribution in [0.15, 0.2) is 42.5 Å². The molecule has 0 heterocycles. The molecule has 20 heavy (non-hydrogen) atoms. The van der Waals surface area contributed by atoms with Gasteiger partial charge in [0.05, 0.1) is 0 Å². The lowest BCUT2D eigenvalue weighted by Crippen LogP contribution is -2.18. The molecule has 1 amide bonds. The first-order valence-corrected chi connectivity index (χ1v) is 6.72. The van der Waals surface area contributed by atoms with Crippen molar-refractivity contribution in [3.8, 4) is 0 Å². The largest absolute Gasteiger partial charge is 0.381 e. The zero-order chi connectivity index (χ0) is 14.5. The van der Waals surface area contributed by atoms with E-state index in [4.69, 9.17) is 0 Å². The Balaban J connectivity index is 2.14. The molecule has 0 aromatic heterocycles. The number of nitrogens with one attached hydrogen (secondary N) is 2. The van der Waals surface area contributed by atoms with Crippen molar-refractivity contribution in [3.63, 3.8) is 0 Å². The number of hydrogen-bond donors (Lipinski definition) is 2. The van der Waals surface area contributed by atoms with Gasteiger partial charge in [-0.15, -0.1) is 0 Å². The molecule has 0 saturated heterocycles. The van der Waals surface area contributed by atoms with Crippen molar-refractivity contribution in [2.75, 3.05) is 12.4 Å². The van der Waals surface area contributed by atoms with Gasteiger partial charge in [-0.2, -0.15) is 0 Å². The summed E-state index contributed by atoms with van der Waals surface area (Å²) in [7, 11) is 1.64. The Morgan fingerprint density at radius 2 is 1.90 bits per heavy atom. The van der Waals surface area contributed by atoms with Gasteiger partial charge in [0.1, 0.15) is 0 Å². The van der Waals surface area contributed by atoms with E-state index in [2.05, 4.69) is 41.8 Å². The van der Waals surface area contributed by atoms with Crippen LogP contribution in [0.3, 0.4) is 0 Å². The molecule has 104 valence electrons. The van der Waals surface area contributed by atoms with Crippen molar-refractivity contribution in [3.05, 3.63) is 64.7 Å². The molecule has 3 nitrogen and oxygen atoms in total. The number of amides is 1. The average molecular weight is 268 g/mol. The third-order valence-electron chi connectivity index (χ3n) is 3.29. The second kappa shape index (κ2) is 6.24. The molecule has 2 rings (SSSR count). The topological polar surface area (TPSA) is 41.1 Å². The normalized spacial score (nSPS) is 10.2. The van der Waals surface area contributed by atoms with Gasteiger partial charge in [-0.05, 0) is 37.1 Å². The van der Waals surface area contributed by atoms with Gasteiger partial charge in [0.15, 0.2) is 0 Å². The molecule has 0 spiro atoms. The molecule has 2 aromatic carbocycles. The Labute approximate surface area is 120 Å². The van der Waals surface area contributed by atoms with Crippen LogP contribution in [0.5, 0.6) is 0 Å². The molecular weight excluding hydrogens is 248 g/mol. The SMILES string of the molecule is CNC(=O)c1ccc(C)c(NCc2cccc(C)c2)c1. The van der Waals surface area contributed by atoms with Gasteiger partial charge in [0, 0.05) is 24.8 Å².